The zero-order valence-electron chi connectivity index (χ0n) is 16.2. The summed E-state index contributed by atoms with van der Waals surface area (Å²) in [5.41, 5.74) is 3.87. The minimum Gasteiger partial charge on any atom is -0.362 e. The summed E-state index contributed by atoms with van der Waals surface area (Å²) in [6.07, 6.45) is 4.45. The number of carbonyl (C=O) groups is 2. The van der Waals surface area contributed by atoms with Crippen LogP contribution in [0.5, 0.6) is 0 Å². The summed E-state index contributed by atoms with van der Waals surface area (Å²) in [5, 5.41) is 5.82. The molecule has 1 aliphatic heterocycles. The standard InChI is InChI=1S/C23H21ClN4O2/c24-18-7-3-8-19(13-18)27-23(30)22(29)26-15-21(17-6-4-11-25-14-17)28-12-10-16-5-1-2-9-20(16)28/h1-9,11,13-14,21H,10,12,15H2,(H,26,29)(H,27,30)/t21-/m0/s1. The summed E-state index contributed by atoms with van der Waals surface area (Å²) < 4.78 is 0. The maximum atomic E-state index is 12.4. The van der Waals surface area contributed by atoms with Gasteiger partial charge in [-0.25, -0.2) is 0 Å². The fourth-order valence-electron chi connectivity index (χ4n) is 3.69. The Hall–Kier alpha value is -3.38. The van der Waals surface area contributed by atoms with Crippen LogP contribution in [0.3, 0.4) is 0 Å². The Balaban J connectivity index is 1.48. The number of hydrogen-bond acceptors (Lipinski definition) is 4. The van der Waals surface area contributed by atoms with Gasteiger partial charge in [0.15, 0.2) is 0 Å². The lowest BCUT2D eigenvalue weighted by atomic mass is 10.1. The van der Waals surface area contributed by atoms with Crippen LogP contribution >= 0.6 is 11.6 Å². The molecule has 0 aliphatic carbocycles. The number of benzene rings is 2. The van der Waals surface area contributed by atoms with Crippen LogP contribution in [0.2, 0.25) is 5.02 Å². The molecule has 7 heteroatoms. The van der Waals surface area contributed by atoms with Gasteiger partial charge >= 0.3 is 11.8 Å². The zero-order chi connectivity index (χ0) is 20.9. The van der Waals surface area contributed by atoms with Gasteiger partial charge in [-0.05, 0) is 47.9 Å². The molecular formula is C23H21ClN4O2. The molecule has 0 fully saturated rings. The minimum absolute atomic E-state index is 0.134. The summed E-state index contributed by atoms with van der Waals surface area (Å²) in [5.74, 6) is -1.43. The fraction of sp³-hybridized carbons (Fsp3) is 0.174. The van der Waals surface area contributed by atoms with Gasteiger partial charge in [-0.2, -0.15) is 0 Å². The Morgan fingerprint density at radius 3 is 2.73 bits per heavy atom. The number of anilines is 2. The third kappa shape index (κ3) is 4.44. The van der Waals surface area contributed by atoms with Crippen LogP contribution in [0, 0.1) is 0 Å². The Morgan fingerprint density at radius 1 is 1.07 bits per heavy atom. The highest BCUT2D eigenvalue weighted by Crippen LogP contribution is 2.34. The van der Waals surface area contributed by atoms with Crippen molar-refractivity contribution in [1.82, 2.24) is 10.3 Å². The average molecular weight is 421 g/mol. The number of hydrogen-bond donors (Lipinski definition) is 2. The Morgan fingerprint density at radius 2 is 1.93 bits per heavy atom. The van der Waals surface area contributed by atoms with E-state index < -0.39 is 11.8 Å². The molecule has 0 spiro atoms. The second-order valence-electron chi connectivity index (χ2n) is 7.05. The first kappa shape index (κ1) is 19.9. The van der Waals surface area contributed by atoms with E-state index >= 15 is 0 Å². The molecule has 152 valence electrons. The third-order valence-corrected chi connectivity index (χ3v) is 5.35. The molecule has 3 aromatic rings. The van der Waals surface area contributed by atoms with Crippen LogP contribution in [0.15, 0.2) is 73.1 Å². The third-order valence-electron chi connectivity index (χ3n) is 5.11. The number of fused-ring (bicyclic) bond motifs is 1. The van der Waals surface area contributed by atoms with Crippen molar-refractivity contribution in [1.29, 1.82) is 0 Å². The normalized spacial score (nSPS) is 13.4. The Kier molecular flexibility index (Phi) is 5.95. The van der Waals surface area contributed by atoms with Crippen molar-refractivity contribution >= 4 is 34.8 Å². The summed E-state index contributed by atoms with van der Waals surface area (Å²) in [7, 11) is 0. The summed E-state index contributed by atoms with van der Waals surface area (Å²) >= 11 is 5.93. The molecule has 0 radical (unpaired) electrons. The maximum Gasteiger partial charge on any atom is 0.313 e. The van der Waals surface area contributed by atoms with Gasteiger partial charge in [0.2, 0.25) is 0 Å². The van der Waals surface area contributed by atoms with E-state index in [-0.39, 0.29) is 12.6 Å². The van der Waals surface area contributed by atoms with Crippen LogP contribution in [-0.4, -0.2) is 29.9 Å². The van der Waals surface area contributed by atoms with Gasteiger partial charge in [0.05, 0.1) is 6.04 Å². The number of nitrogens with zero attached hydrogens (tertiary/aromatic N) is 2. The van der Waals surface area contributed by atoms with Gasteiger partial charge in [0.25, 0.3) is 0 Å². The molecule has 2 heterocycles. The zero-order valence-corrected chi connectivity index (χ0v) is 17.0. The number of aromatic nitrogens is 1. The van der Waals surface area contributed by atoms with E-state index in [1.165, 1.54) is 5.56 Å². The van der Waals surface area contributed by atoms with E-state index in [1.807, 2.05) is 24.3 Å². The molecule has 0 bridgehead atoms. The first-order chi connectivity index (χ1) is 14.6. The van der Waals surface area contributed by atoms with Gasteiger partial charge < -0.3 is 15.5 Å². The van der Waals surface area contributed by atoms with Crippen molar-refractivity contribution in [2.75, 3.05) is 23.3 Å². The van der Waals surface area contributed by atoms with Gasteiger partial charge in [-0.1, -0.05) is 41.9 Å². The number of nitrogens with one attached hydrogen (secondary N) is 2. The van der Waals surface area contributed by atoms with Crippen molar-refractivity contribution in [2.24, 2.45) is 0 Å². The second-order valence-corrected chi connectivity index (χ2v) is 7.49. The van der Waals surface area contributed by atoms with Crippen molar-refractivity contribution < 1.29 is 9.59 Å². The molecule has 1 atom stereocenters. The van der Waals surface area contributed by atoms with Crippen molar-refractivity contribution in [2.45, 2.75) is 12.5 Å². The monoisotopic (exact) mass is 420 g/mol. The molecule has 6 nitrogen and oxygen atoms in total. The average Bonchev–Trinajstić information content (AvgIpc) is 3.18. The van der Waals surface area contributed by atoms with Gasteiger partial charge in [0, 0.05) is 41.9 Å². The van der Waals surface area contributed by atoms with Crippen molar-refractivity contribution in [3.63, 3.8) is 0 Å². The van der Waals surface area contributed by atoms with Crippen LogP contribution in [0.4, 0.5) is 11.4 Å². The van der Waals surface area contributed by atoms with E-state index in [0.29, 0.717) is 10.7 Å². The molecule has 2 aromatic carbocycles. The Bertz CT molecular complexity index is 1060. The van der Waals surface area contributed by atoms with E-state index in [1.54, 1.807) is 36.7 Å². The predicted molar refractivity (Wildman–Crippen MR) is 118 cm³/mol. The van der Waals surface area contributed by atoms with E-state index in [2.05, 4.69) is 32.7 Å². The topological polar surface area (TPSA) is 74.3 Å². The van der Waals surface area contributed by atoms with Gasteiger partial charge in [-0.3, -0.25) is 14.6 Å². The smallest absolute Gasteiger partial charge is 0.313 e. The number of para-hydroxylation sites is 1. The highest BCUT2D eigenvalue weighted by molar-refractivity contribution is 6.39. The molecule has 30 heavy (non-hydrogen) atoms. The molecule has 1 aromatic heterocycles. The molecule has 2 N–H and O–H groups in total. The summed E-state index contributed by atoms with van der Waals surface area (Å²) in [6.45, 7) is 1.12. The summed E-state index contributed by atoms with van der Waals surface area (Å²) in [4.78, 5) is 31.2. The lowest BCUT2D eigenvalue weighted by Crippen LogP contribution is -2.41. The number of rotatable bonds is 5. The van der Waals surface area contributed by atoms with E-state index in [4.69, 9.17) is 11.6 Å². The van der Waals surface area contributed by atoms with E-state index in [9.17, 15) is 9.59 Å². The van der Waals surface area contributed by atoms with Crippen molar-refractivity contribution in [3.8, 4) is 0 Å². The highest BCUT2D eigenvalue weighted by atomic mass is 35.5. The molecule has 0 saturated heterocycles. The SMILES string of the molecule is O=C(NC[C@@H](c1cccnc1)N1CCc2ccccc21)C(=O)Nc1cccc(Cl)c1. The number of halogens is 1. The van der Waals surface area contributed by atoms with Crippen LogP contribution in [0.25, 0.3) is 0 Å². The highest BCUT2D eigenvalue weighted by Gasteiger charge is 2.28. The largest absolute Gasteiger partial charge is 0.362 e. The van der Waals surface area contributed by atoms with Gasteiger partial charge in [0.1, 0.15) is 0 Å². The number of amides is 2. The first-order valence-electron chi connectivity index (χ1n) is 9.71. The Labute approximate surface area is 179 Å². The predicted octanol–water partition coefficient (Wildman–Crippen LogP) is 3.59. The molecular weight excluding hydrogens is 400 g/mol. The van der Waals surface area contributed by atoms with E-state index in [0.717, 1.165) is 24.2 Å². The van der Waals surface area contributed by atoms with Crippen molar-refractivity contribution in [3.05, 3.63) is 89.2 Å². The lowest BCUT2D eigenvalue weighted by molar-refractivity contribution is -0.136. The molecule has 0 unspecified atom stereocenters. The molecule has 4 rings (SSSR count). The molecule has 2 amide bonds. The van der Waals surface area contributed by atoms with Crippen LogP contribution < -0.4 is 15.5 Å². The van der Waals surface area contributed by atoms with Crippen LogP contribution in [0.1, 0.15) is 17.2 Å². The summed E-state index contributed by atoms with van der Waals surface area (Å²) in [6, 6.07) is 18.6. The quantitative estimate of drug-likeness (QED) is 0.618. The minimum atomic E-state index is -0.732. The molecule has 1 aliphatic rings. The fourth-order valence-corrected chi connectivity index (χ4v) is 3.88. The van der Waals surface area contributed by atoms with Gasteiger partial charge in [-0.15, -0.1) is 0 Å². The first-order valence-corrected chi connectivity index (χ1v) is 10.1. The molecule has 0 saturated carbocycles. The lowest BCUT2D eigenvalue weighted by Gasteiger charge is -2.30. The number of pyridine rings is 1. The number of carbonyl (C=O) groups excluding carboxylic acids is 2. The second kappa shape index (κ2) is 8.97. The maximum absolute atomic E-state index is 12.4. The van der Waals surface area contributed by atoms with Crippen LogP contribution in [-0.2, 0) is 16.0 Å².